The van der Waals surface area contributed by atoms with E-state index in [0.29, 0.717) is 12.4 Å². The molecule has 5 nitrogen and oxygen atoms in total. The van der Waals surface area contributed by atoms with Gasteiger partial charge in [-0.2, -0.15) is 0 Å². The molecule has 0 amide bonds. The quantitative estimate of drug-likeness (QED) is 0.704. The van der Waals surface area contributed by atoms with Crippen molar-refractivity contribution in [1.82, 2.24) is 9.55 Å². The Morgan fingerprint density at radius 1 is 1.71 bits per heavy atom. The van der Waals surface area contributed by atoms with Gasteiger partial charge in [-0.05, 0) is 13.8 Å². The predicted molar refractivity (Wildman–Crippen MR) is 51.3 cm³/mol. The monoisotopic (exact) mass is 197 g/mol. The molecule has 0 fully saturated rings. The molecule has 0 bridgehead atoms. The summed E-state index contributed by atoms with van der Waals surface area (Å²) in [5, 5.41) is 0. The lowest BCUT2D eigenvalue weighted by atomic mass is 10.5. The van der Waals surface area contributed by atoms with Crippen molar-refractivity contribution in [3.63, 3.8) is 0 Å². The molecular weight excluding hydrogens is 182 g/mol. The lowest BCUT2D eigenvalue weighted by Crippen LogP contribution is -2.19. The molecule has 0 radical (unpaired) electrons. The predicted octanol–water partition coefficient (Wildman–Crippen LogP) is 0.293. The fraction of sp³-hybridized carbons (Fsp3) is 0.556. The molecule has 2 N–H and O–H groups in total. The van der Waals surface area contributed by atoms with Crippen molar-refractivity contribution < 1.29 is 9.53 Å². The van der Waals surface area contributed by atoms with Crippen molar-refractivity contribution in [2.45, 2.75) is 33.0 Å². The molecule has 0 aromatic carbocycles. The Kier molecular flexibility index (Phi) is 3.64. The smallest absolute Gasteiger partial charge is 0.326 e. The van der Waals surface area contributed by atoms with E-state index in [9.17, 15) is 4.79 Å². The van der Waals surface area contributed by atoms with Crippen molar-refractivity contribution >= 4 is 5.97 Å². The Balaban J connectivity index is 2.55. The molecule has 14 heavy (non-hydrogen) atoms. The first-order valence-corrected chi connectivity index (χ1v) is 4.53. The van der Waals surface area contributed by atoms with E-state index in [4.69, 9.17) is 10.5 Å². The fourth-order valence-electron chi connectivity index (χ4n) is 1.11. The number of carbonyl (C=O) groups is 1. The Morgan fingerprint density at radius 2 is 2.43 bits per heavy atom. The van der Waals surface area contributed by atoms with Crippen molar-refractivity contribution in [3.05, 3.63) is 18.2 Å². The summed E-state index contributed by atoms with van der Waals surface area (Å²) in [6, 6.07) is 0. The van der Waals surface area contributed by atoms with E-state index in [1.165, 1.54) is 0 Å². The van der Waals surface area contributed by atoms with Gasteiger partial charge in [0.1, 0.15) is 12.4 Å². The minimum atomic E-state index is -0.271. The normalized spacial score (nSPS) is 10.6. The van der Waals surface area contributed by atoms with Crippen LogP contribution in [0.1, 0.15) is 19.7 Å². The highest BCUT2D eigenvalue weighted by Crippen LogP contribution is 1.98. The molecule has 78 valence electrons. The molecule has 5 heteroatoms. The second-order valence-electron chi connectivity index (χ2n) is 3.21. The third kappa shape index (κ3) is 2.85. The number of imidazole rings is 1. The topological polar surface area (TPSA) is 70.1 Å². The van der Waals surface area contributed by atoms with Crippen LogP contribution in [0.5, 0.6) is 0 Å². The molecule has 1 aromatic heterocycles. The molecule has 0 saturated heterocycles. The molecule has 0 aliphatic carbocycles. The van der Waals surface area contributed by atoms with Crippen molar-refractivity contribution in [1.29, 1.82) is 0 Å². The molecule has 0 aliphatic rings. The summed E-state index contributed by atoms with van der Waals surface area (Å²) in [5.41, 5.74) is 5.44. The number of nitrogens with zero attached hydrogens (tertiary/aromatic N) is 2. The zero-order valence-corrected chi connectivity index (χ0v) is 8.43. The summed E-state index contributed by atoms with van der Waals surface area (Å²) < 4.78 is 6.68. The van der Waals surface area contributed by atoms with Crippen LogP contribution in [0.25, 0.3) is 0 Å². The van der Waals surface area contributed by atoms with Gasteiger partial charge in [0.15, 0.2) is 0 Å². The molecule has 1 heterocycles. The minimum Gasteiger partial charge on any atom is -0.462 e. The number of ether oxygens (including phenoxy) is 1. The van der Waals surface area contributed by atoms with Crippen LogP contribution in [0.4, 0.5) is 0 Å². The Hall–Kier alpha value is -1.36. The van der Waals surface area contributed by atoms with Crippen molar-refractivity contribution in [3.8, 4) is 0 Å². The van der Waals surface area contributed by atoms with Crippen LogP contribution in [0.2, 0.25) is 0 Å². The van der Waals surface area contributed by atoms with Gasteiger partial charge in [-0.3, -0.25) is 4.79 Å². The first kappa shape index (κ1) is 10.7. The molecule has 0 unspecified atom stereocenters. The highest BCUT2D eigenvalue weighted by molar-refractivity contribution is 5.69. The number of hydrogen-bond donors (Lipinski definition) is 1. The summed E-state index contributed by atoms with van der Waals surface area (Å²) in [7, 11) is 0. The van der Waals surface area contributed by atoms with Crippen molar-refractivity contribution in [2.75, 3.05) is 0 Å². The van der Waals surface area contributed by atoms with Gasteiger partial charge < -0.3 is 15.0 Å². The summed E-state index contributed by atoms with van der Waals surface area (Å²) in [6.07, 6.45) is 3.24. The van der Waals surface area contributed by atoms with E-state index in [2.05, 4.69) is 4.98 Å². The van der Waals surface area contributed by atoms with E-state index in [-0.39, 0.29) is 18.6 Å². The Labute approximate surface area is 82.9 Å². The lowest BCUT2D eigenvalue weighted by molar-refractivity contribution is -0.148. The fourth-order valence-corrected chi connectivity index (χ4v) is 1.11. The second-order valence-corrected chi connectivity index (χ2v) is 3.21. The van der Waals surface area contributed by atoms with Crippen LogP contribution in [-0.4, -0.2) is 21.6 Å². The third-order valence-electron chi connectivity index (χ3n) is 1.65. The highest BCUT2D eigenvalue weighted by atomic mass is 16.5. The van der Waals surface area contributed by atoms with Crippen LogP contribution >= 0.6 is 0 Å². The van der Waals surface area contributed by atoms with E-state index < -0.39 is 0 Å². The van der Waals surface area contributed by atoms with Gasteiger partial charge >= 0.3 is 5.97 Å². The molecular formula is C9H15N3O2. The Morgan fingerprint density at radius 3 is 3.00 bits per heavy atom. The molecule has 1 aromatic rings. The van der Waals surface area contributed by atoms with Crippen LogP contribution in [-0.2, 0) is 22.6 Å². The summed E-state index contributed by atoms with van der Waals surface area (Å²) >= 11 is 0. The number of aromatic nitrogens is 2. The molecule has 1 rings (SSSR count). The number of hydrogen-bond acceptors (Lipinski definition) is 4. The number of esters is 1. The molecule has 0 saturated carbocycles. The Bertz CT molecular complexity index is 307. The summed E-state index contributed by atoms with van der Waals surface area (Å²) in [4.78, 5) is 15.3. The number of rotatable bonds is 4. The largest absolute Gasteiger partial charge is 0.462 e. The SMILES string of the molecule is CC(C)OC(=O)Cn1ccnc1CN. The average molecular weight is 197 g/mol. The zero-order valence-electron chi connectivity index (χ0n) is 8.43. The molecule has 0 spiro atoms. The van der Waals surface area contributed by atoms with Crippen LogP contribution < -0.4 is 5.73 Å². The van der Waals surface area contributed by atoms with Crippen LogP contribution in [0, 0.1) is 0 Å². The third-order valence-corrected chi connectivity index (χ3v) is 1.65. The molecule has 0 aliphatic heterocycles. The van der Waals surface area contributed by atoms with Gasteiger partial charge in [0.2, 0.25) is 0 Å². The zero-order chi connectivity index (χ0) is 10.6. The van der Waals surface area contributed by atoms with Gasteiger partial charge in [0.25, 0.3) is 0 Å². The number of nitrogens with two attached hydrogens (primary N) is 1. The van der Waals surface area contributed by atoms with Gasteiger partial charge in [0, 0.05) is 12.4 Å². The minimum absolute atomic E-state index is 0.0904. The van der Waals surface area contributed by atoms with E-state index in [1.54, 1.807) is 17.0 Å². The standard InChI is InChI=1S/C9H15N3O2/c1-7(2)14-9(13)6-12-4-3-11-8(12)5-10/h3-4,7H,5-6,10H2,1-2H3. The van der Waals surface area contributed by atoms with Crippen molar-refractivity contribution in [2.24, 2.45) is 5.73 Å². The van der Waals surface area contributed by atoms with E-state index in [1.807, 2.05) is 13.8 Å². The van der Waals surface area contributed by atoms with Gasteiger partial charge in [0.05, 0.1) is 12.6 Å². The van der Waals surface area contributed by atoms with E-state index in [0.717, 1.165) is 0 Å². The maximum Gasteiger partial charge on any atom is 0.326 e. The lowest BCUT2D eigenvalue weighted by Gasteiger charge is -2.09. The van der Waals surface area contributed by atoms with Gasteiger partial charge in [-0.1, -0.05) is 0 Å². The first-order chi connectivity index (χ1) is 6.63. The van der Waals surface area contributed by atoms with Crippen LogP contribution in [0.15, 0.2) is 12.4 Å². The summed E-state index contributed by atoms with van der Waals surface area (Å²) in [5.74, 6) is 0.415. The molecule has 0 atom stereocenters. The van der Waals surface area contributed by atoms with Gasteiger partial charge in [-0.15, -0.1) is 0 Å². The second kappa shape index (κ2) is 4.76. The maximum absolute atomic E-state index is 11.3. The summed E-state index contributed by atoms with van der Waals surface area (Å²) in [6.45, 7) is 4.12. The highest BCUT2D eigenvalue weighted by Gasteiger charge is 2.08. The number of carbonyl (C=O) groups excluding carboxylic acids is 1. The first-order valence-electron chi connectivity index (χ1n) is 4.53. The maximum atomic E-state index is 11.3. The van der Waals surface area contributed by atoms with Crippen LogP contribution in [0.3, 0.4) is 0 Å². The van der Waals surface area contributed by atoms with E-state index >= 15 is 0 Å². The van der Waals surface area contributed by atoms with Gasteiger partial charge in [-0.25, -0.2) is 4.98 Å². The average Bonchev–Trinajstić information content (AvgIpc) is 2.50.